The Morgan fingerprint density at radius 3 is 2.00 bits per heavy atom. The monoisotopic (exact) mass is 325 g/mol. The fourth-order valence-electron chi connectivity index (χ4n) is 1.21. The highest BCUT2D eigenvalue weighted by molar-refractivity contribution is 7.89. The topological polar surface area (TPSA) is 74.7 Å². The number of amides is 1. The first-order valence-electron chi connectivity index (χ1n) is 5.22. The summed E-state index contributed by atoms with van der Waals surface area (Å²) in [5.41, 5.74) is -1.07. The van der Waals surface area contributed by atoms with Crippen molar-refractivity contribution in [2.75, 3.05) is 0 Å². The van der Waals surface area contributed by atoms with Gasteiger partial charge in [0.15, 0.2) is 0 Å². The molecule has 0 aliphatic carbocycles. The van der Waals surface area contributed by atoms with Crippen molar-refractivity contribution in [3.63, 3.8) is 0 Å². The second-order valence-corrected chi connectivity index (χ2v) is 7.37. The third-order valence-electron chi connectivity index (χ3n) is 2.22. The fraction of sp³-hybridized carbons (Fsp3) is 0.364. The van der Waals surface area contributed by atoms with Crippen molar-refractivity contribution in [2.24, 2.45) is 5.41 Å². The maximum atomic E-state index is 12.1. The Kier molecular flexibility index (Phi) is 4.51. The number of benzene rings is 1. The van der Waals surface area contributed by atoms with Crippen LogP contribution in [0, 0.1) is 5.41 Å². The van der Waals surface area contributed by atoms with E-state index in [-0.39, 0.29) is 14.5 Å². The van der Waals surface area contributed by atoms with Gasteiger partial charge in [-0.05, 0) is 12.1 Å². The van der Waals surface area contributed by atoms with Gasteiger partial charge in [0, 0.05) is 5.41 Å². The first-order valence-corrected chi connectivity index (χ1v) is 7.42. The van der Waals surface area contributed by atoms with Gasteiger partial charge in [0.1, 0.15) is 4.90 Å². The fourth-order valence-corrected chi connectivity index (χ4v) is 3.49. The molecule has 0 aliphatic heterocycles. The summed E-state index contributed by atoms with van der Waals surface area (Å²) < 4.78 is 24.0. The van der Waals surface area contributed by atoms with Gasteiger partial charge in [-0.1, -0.05) is 50.0 Å². The summed E-state index contributed by atoms with van der Waals surface area (Å²) in [6.45, 7) is 4.42. The third-order valence-corrected chi connectivity index (χ3v) is 4.65. The smallest absolute Gasteiger partial charge is 0.271 e. The number of sulfonamides is 1. The van der Waals surface area contributed by atoms with Crippen molar-refractivity contribution in [3.05, 3.63) is 28.2 Å². The summed E-state index contributed by atoms with van der Waals surface area (Å²) in [6, 6.07) is 4.06. The molecule has 0 fully saturated rings. The van der Waals surface area contributed by atoms with Crippen LogP contribution in [-0.4, -0.2) is 24.0 Å². The number of rotatable bonds is 2. The molecule has 5 nitrogen and oxygen atoms in total. The van der Waals surface area contributed by atoms with E-state index in [9.17, 15) is 18.4 Å². The van der Waals surface area contributed by atoms with E-state index in [1.54, 1.807) is 0 Å². The van der Waals surface area contributed by atoms with E-state index in [0.29, 0.717) is 0 Å². The normalized spacial score (nSPS) is 12.3. The predicted molar refractivity (Wildman–Crippen MR) is 71.7 cm³/mol. The summed E-state index contributed by atoms with van der Waals surface area (Å²) in [4.78, 5) is 11.3. The lowest BCUT2D eigenvalue weighted by atomic mass is 9.96. The van der Waals surface area contributed by atoms with Crippen molar-refractivity contribution in [3.8, 4) is 0 Å². The third kappa shape index (κ3) is 3.20. The molecular formula is C11H13Cl2NO4S. The Hall–Kier alpha value is -0.820. The number of carbonyl (C=O) groups excluding carboxylic acids is 1. The molecule has 1 rings (SSSR count). The molecule has 1 aromatic carbocycles. The SMILES string of the molecule is CC(C)(C)C(=O)N(O)S(=O)(=O)c1c(Cl)cccc1Cl. The molecule has 1 amide bonds. The minimum atomic E-state index is -4.51. The molecule has 0 heterocycles. The molecule has 0 aliphatic rings. The van der Waals surface area contributed by atoms with E-state index in [2.05, 4.69) is 0 Å². The Morgan fingerprint density at radius 2 is 1.63 bits per heavy atom. The Bertz CT molecular complexity index is 587. The predicted octanol–water partition coefficient (Wildman–Crippen LogP) is 2.95. The molecule has 0 bridgehead atoms. The van der Waals surface area contributed by atoms with E-state index in [1.807, 2.05) is 0 Å². The molecule has 0 radical (unpaired) electrons. The molecule has 106 valence electrons. The second kappa shape index (κ2) is 5.28. The average Bonchev–Trinajstić information content (AvgIpc) is 2.25. The number of halogens is 2. The summed E-state index contributed by atoms with van der Waals surface area (Å²) >= 11 is 11.5. The number of carbonyl (C=O) groups is 1. The van der Waals surface area contributed by atoms with Gasteiger partial charge in [0.25, 0.3) is 15.9 Å². The van der Waals surface area contributed by atoms with Gasteiger partial charge in [0.05, 0.1) is 10.0 Å². The van der Waals surface area contributed by atoms with Crippen LogP contribution in [0.3, 0.4) is 0 Å². The molecule has 19 heavy (non-hydrogen) atoms. The van der Waals surface area contributed by atoms with Crippen molar-refractivity contribution >= 4 is 39.1 Å². The lowest BCUT2D eigenvalue weighted by molar-refractivity contribution is -0.154. The molecule has 0 spiro atoms. The highest BCUT2D eigenvalue weighted by Gasteiger charge is 2.37. The van der Waals surface area contributed by atoms with E-state index >= 15 is 0 Å². The van der Waals surface area contributed by atoms with Crippen LogP contribution in [-0.2, 0) is 14.8 Å². The number of hydroxylamine groups is 1. The minimum Gasteiger partial charge on any atom is -0.271 e. The van der Waals surface area contributed by atoms with Gasteiger partial charge in [0.2, 0.25) is 0 Å². The first-order chi connectivity index (χ1) is 8.49. The number of nitrogens with zero attached hydrogens (tertiary/aromatic N) is 1. The Morgan fingerprint density at radius 1 is 1.21 bits per heavy atom. The van der Waals surface area contributed by atoms with Crippen molar-refractivity contribution in [1.29, 1.82) is 0 Å². The van der Waals surface area contributed by atoms with E-state index in [4.69, 9.17) is 23.2 Å². The van der Waals surface area contributed by atoms with Crippen molar-refractivity contribution < 1.29 is 18.4 Å². The van der Waals surface area contributed by atoms with Crippen LogP contribution in [0.5, 0.6) is 0 Å². The van der Waals surface area contributed by atoms with Gasteiger partial charge >= 0.3 is 0 Å². The lowest BCUT2D eigenvalue weighted by Gasteiger charge is -2.24. The maximum absolute atomic E-state index is 12.1. The lowest BCUT2D eigenvalue weighted by Crippen LogP contribution is -2.41. The number of hydrogen-bond acceptors (Lipinski definition) is 4. The zero-order valence-electron chi connectivity index (χ0n) is 10.5. The molecule has 0 atom stereocenters. The molecule has 0 saturated heterocycles. The minimum absolute atomic E-state index is 0.173. The molecule has 8 heteroatoms. The van der Waals surface area contributed by atoms with Gasteiger partial charge < -0.3 is 0 Å². The van der Waals surface area contributed by atoms with Crippen LogP contribution < -0.4 is 0 Å². The zero-order valence-corrected chi connectivity index (χ0v) is 12.8. The van der Waals surface area contributed by atoms with E-state index < -0.39 is 26.2 Å². The highest BCUT2D eigenvalue weighted by Crippen LogP contribution is 2.32. The van der Waals surface area contributed by atoms with Gasteiger partial charge in [-0.15, -0.1) is 4.47 Å². The van der Waals surface area contributed by atoms with Crippen molar-refractivity contribution in [2.45, 2.75) is 25.7 Å². The van der Waals surface area contributed by atoms with Gasteiger partial charge in [-0.25, -0.2) is 0 Å². The highest BCUT2D eigenvalue weighted by atomic mass is 35.5. The summed E-state index contributed by atoms with van der Waals surface area (Å²) in [5, 5.41) is 9.32. The van der Waals surface area contributed by atoms with Gasteiger partial charge in [-0.2, -0.15) is 8.42 Å². The average molecular weight is 326 g/mol. The molecular weight excluding hydrogens is 313 g/mol. The van der Waals surface area contributed by atoms with E-state index in [0.717, 1.165) is 0 Å². The standard InChI is InChI=1S/C11H13Cl2NO4S/c1-11(2,3)10(15)14(16)19(17,18)9-7(12)5-4-6-8(9)13/h4-6,16H,1-3H3. The van der Waals surface area contributed by atoms with Crippen LogP contribution in [0.4, 0.5) is 0 Å². The summed E-state index contributed by atoms with van der Waals surface area (Å²) in [6.07, 6.45) is 0. The van der Waals surface area contributed by atoms with Crippen LogP contribution in [0.15, 0.2) is 23.1 Å². The van der Waals surface area contributed by atoms with Crippen molar-refractivity contribution in [1.82, 2.24) is 4.47 Å². The summed E-state index contributed by atoms with van der Waals surface area (Å²) in [7, 11) is -4.51. The molecule has 0 aromatic heterocycles. The van der Waals surface area contributed by atoms with Gasteiger partial charge in [-0.3, -0.25) is 10.0 Å². The second-order valence-electron chi connectivity index (χ2n) is 4.85. The zero-order chi connectivity index (χ0) is 15.0. The van der Waals surface area contributed by atoms with E-state index in [1.165, 1.54) is 39.0 Å². The molecule has 1 aromatic rings. The molecule has 0 saturated carbocycles. The van der Waals surface area contributed by atoms with Crippen LogP contribution >= 0.6 is 23.2 Å². The Labute approximate surface area is 121 Å². The summed E-state index contributed by atoms with van der Waals surface area (Å²) in [5.74, 6) is -0.983. The van der Waals surface area contributed by atoms with Crippen LogP contribution in [0.25, 0.3) is 0 Å². The number of hydrogen-bond donors (Lipinski definition) is 1. The molecule has 0 unspecified atom stereocenters. The first kappa shape index (κ1) is 16.2. The maximum Gasteiger partial charge on any atom is 0.292 e. The van der Waals surface area contributed by atoms with Crippen LogP contribution in [0.1, 0.15) is 20.8 Å². The quantitative estimate of drug-likeness (QED) is 0.670. The molecule has 1 N–H and O–H groups in total. The van der Waals surface area contributed by atoms with Crippen LogP contribution in [0.2, 0.25) is 10.0 Å². The Balaban J connectivity index is 3.37. The largest absolute Gasteiger partial charge is 0.292 e.